The second-order valence-electron chi connectivity index (χ2n) is 6.39. The Morgan fingerprint density at radius 1 is 0.964 bits per heavy atom. The minimum absolute atomic E-state index is 0.0312. The van der Waals surface area contributed by atoms with Crippen LogP contribution < -0.4 is 10.6 Å². The number of nitrogens with zero attached hydrogens (tertiary/aromatic N) is 2. The van der Waals surface area contributed by atoms with Crippen molar-refractivity contribution < 1.29 is 9.59 Å². The number of aryl methyl sites for hydroxylation is 2. The number of hydrogen-bond donors (Lipinski definition) is 2. The molecule has 0 radical (unpaired) electrons. The van der Waals surface area contributed by atoms with E-state index in [9.17, 15) is 9.59 Å². The van der Waals surface area contributed by atoms with Gasteiger partial charge in [-0.3, -0.25) is 9.59 Å². The first kappa shape index (κ1) is 19.5. The highest BCUT2D eigenvalue weighted by molar-refractivity contribution is 6.30. The minimum Gasteiger partial charge on any atom is -0.324 e. The molecule has 0 saturated carbocycles. The Balaban J connectivity index is 1.81. The number of halogens is 1. The van der Waals surface area contributed by atoms with E-state index >= 15 is 0 Å². The molecule has 0 fully saturated rings. The largest absolute Gasteiger partial charge is 0.324 e. The maximum atomic E-state index is 12.6. The lowest BCUT2D eigenvalue weighted by atomic mass is 10.1. The van der Waals surface area contributed by atoms with Crippen LogP contribution in [0.2, 0.25) is 5.02 Å². The molecule has 3 rings (SSSR count). The molecule has 1 amide bonds. The van der Waals surface area contributed by atoms with Gasteiger partial charge in [0, 0.05) is 27.7 Å². The molecule has 0 aliphatic carbocycles. The molecule has 1 heterocycles. The summed E-state index contributed by atoms with van der Waals surface area (Å²) in [5.74, 6) is -0.0919. The molecule has 0 bridgehead atoms. The molecule has 0 saturated heterocycles. The Morgan fingerprint density at radius 2 is 1.68 bits per heavy atom. The van der Waals surface area contributed by atoms with E-state index < -0.39 is 0 Å². The van der Waals surface area contributed by atoms with Crippen LogP contribution in [0.25, 0.3) is 0 Å². The first-order valence-corrected chi connectivity index (χ1v) is 9.01. The summed E-state index contributed by atoms with van der Waals surface area (Å²) in [5, 5.41) is 6.47. The molecule has 0 spiro atoms. The maximum Gasteiger partial charge on any atom is 0.274 e. The van der Waals surface area contributed by atoms with Gasteiger partial charge >= 0.3 is 0 Å². The van der Waals surface area contributed by atoms with Crippen LogP contribution in [0.15, 0.2) is 48.5 Å². The van der Waals surface area contributed by atoms with Crippen LogP contribution in [0, 0.1) is 13.8 Å². The van der Waals surface area contributed by atoms with Crippen molar-refractivity contribution in [1.29, 1.82) is 0 Å². The average molecular weight is 395 g/mol. The van der Waals surface area contributed by atoms with Crippen molar-refractivity contribution in [3.05, 3.63) is 76.1 Å². The zero-order chi connectivity index (χ0) is 20.3. The zero-order valence-electron chi connectivity index (χ0n) is 15.7. The Morgan fingerprint density at radius 3 is 2.36 bits per heavy atom. The van der Waals surface area contributed by atoms with Crippen molar-refractivity contribution in [3.63, 3.8) is 0 Å². The van der Waals surface area contributed by atoms with Gasteiger partial charge in [-0.05, 0) is 68.8 Å². The number of anilines is 3. The van der Waals surface area contributed by atoms with Gasteiger partial charge in [0.1, 0.15) is 5.69 Å². The number of carbonyl (C=O) groups excluding carboxylic acids is 2. The third-order valence-electron chi connectivity index (χ3n) is 4.08. The lowest BCUT2D eigenvalue weighted by Gasteiger charge is -2.11. The van der Waals surface area contributed by atoms with Crippen LogP contribution in [0.3, 0.4) is 0 Å². The number of amides is 1. The van der Waals surface area contributed by atoms with Crippen molar-refractivity contribution in [2.24, 2.45) is 0 Å². The molecular formula is C21H19ClN4O2. The SMILES string of the molecule is CC(=O)c1ccc(NC(=O)c2cc(C)nc(Nc3cc(Cl)ccc3C)n2)cc1. The summed E-state index contributed by atoms with van der Waals surface area (Å²) in [7, 11) is 0. The van der Waals surface area contributed by atoms with E-state index in [2.05, 4.69) is 20.6 Å². The number of ketones is 1. The average Bonchev–Trinajstić information content (AvgIpc) is 2.64. The van der Waals surface area contributed by atoms with Crippen molar-refractivity contribution >= 4 is 40.6 Å². The van der Waals surface area contributed by atoms with Gasteiger partial charge in [0.15, 0.2) is 5.78 Å². The van der Waals surface area contributed by atoms with Gasteiger partial charge < -0.3 is 10.6 Å². The standard InChI is InChI=1S/C21H19ClN4O2/c1-12-4-7-16(22)11-18(12)25-21-23-13(2)10-19(26-21)20(28)24-17-8-5-15(6-9-17)14(3)27/h4-11H,1-3H3,(H,24,28)(H,23,25,26). The molecule has 7 heteroatoms. The summed E-state index contributed by atoms with van der Waals surface area (Å²) in [6, 6.07) is 13.8. The third-order valence-corrected chi connectivity index (χ3v) is 4.32. The fourth-order valence-electron chi connectivity index (χ4n) is 2.57. The van der Waals surface area contributed by atoms with E-state index in [-0.39, 0.29) is 17.4 Å². The van der Waals surface area contributed by atoms with E-state index in [0.717, 1.165) is 11.3 Å². The van der Waals surface area contributed by atoms with Crippen LogP contribution in [-0.2, 0) is 0 Å². The number of nitrogens with one attached hydrogen (secondary N) is 2. The number of rotatable bonds is 5. The van der Waals surface area contributed by atoms with Crippen molar-refractivity contribution in [2.75, 3.05) is 10.6 Å². The van der Waals surface area contributed by atoms with Gasteiger partial charge in [-0.15, -0.1) is 0 Å². The first-order chi connectivity index (χ1) is 13.3. The second kappa shape index (κ2) is 8.19. The molecule has 2 aromatic carbocycles. The molecule has 3 aromatic rings. The van der Waals surface area contributed by atoms with Crippen LogP contribution in [-0.4, -0.2) is 21.7 Å². The highest BCUT2D eigenvalue weighted by Crippen LogP contribution is 2.23. The number of aromatic nitrogens is 2. The van der Waals surface area contributed by atoms with Gasteiger partial charge in [-0.1, -0.05) is 17.7 Å². The Labute approximate surface area is 168 Å². The Bertz CT molecular complexity index is 1050. The fraction of sp³-hybridized carbons (Fsp3) is 0.143. The predicted molar refractivity (Wildman–Crippen MR) is 111 cm³/mol. The topological polar surface area (TPSA) is 84.0 Å². The van der Waals surface area contributed by atoms with Crippen LogP contribution >= 0.6 is 11.6 Å². The molecule has 142 valence electrons. The minimum atomic E-state index is -0.369. The number of benzene rings is 2. The molecule has 0 aliphatic rings. The van der Waals surface area contributed by atoms with Gasteiger partial charge in [0.2, 0.25) is 5.95 Å². The van der Waals surface area contributed by atoms with Crippen LogP contribution in [0.1, 0.15) is 39.0 Å². The molecule has 0 unspecified atom stereocenters. The molecule has 0 atom stereocenters. The highest BCUT2D eigenvalue weighted by Gasteiger charge is 2.12. The number of hydrogen-bond acceptors (Lipinski definition) is 5. The van der Waals surface area contributed by atoms with E-state index in [1.165, 1.54) is 6.92 Å². The molecule has 6 nitrogen and oxygen atoms in total. The predicted octanol–water partition coefficient (Wildman–Crippen LogP) is 4.95. The fourth-order valence-corrected chi connectivity index (χ4v) is 2.75. The normalized spacial score (nSPS) is 10.4. The monoisotopic (exact) mass is 394 g/mol. The van der Waals surface area contributed by atoms with E-state index in [1.54, 1.807) is 49.4 Å². The third kappa shape index (κ3) is 4.72. The van der Waals surface area contributed by atoms with E-state index in [1.807, 2.05) is 13.0 Å². The quantitative estimate of drug-likeness (QED) is 0.598. The lowest BCUT2D eigenvalue weighted by Crippen LogP contribution is -2.15. The molecular weight excluding hydrogens is 376 g/mol. The van der Waals surface area contributed by atoms with Gasteiger partial charge in [0.05, 0.1) is 0 Å². The lowest BCUT2D eigenvalue weighted by molar-refractivity contribution is 0.101. The van der Waals surface area contributed by atoms with Gasteiger partial charge in [-0.25, -0.2) is 9.97 Å². The summed E-state index contributed by atoms with van der Waals surface area (Å²) >= 11 is 6.05. The van der Waals surface area contributed by atoms with Crippen molar-refractivity contribution in [2.45, 2.75) is 20.8 Å². The number of Topliss-reactive ketones (excluding diaryl/α,β-unsaturated/α-hetero) is 1. The van der Waals surface area contributed by atoms with Crippen molar-refractivity contribution in [3.8, 4) is 0 Å². The Hall–Kier alpha value is -3.25. The summed E-state index contributed by atoms with van der Waals surface area (Å²) in [6.45, 7) is 5.22. The van der Waals surface area contributed by atoms with Crippen LogP contribution in [0.5, 0.6) is 0 Å². The maximum absolute atomic E-state index is 12.6. The smallest absolute Gasteiger partial charge is 0.274 e. The van der Waals surface area contributed by atoms with E-state index in [0.29, 0.717) is 27.9 Å². The van der Waals surface area contributed by atoms with Gasteiger partial charge in [-0.2, -0.15) is 0 Å². The van der Waals surface area contributed by atoms with Crippen LogP contribution in [0.4, 0.5) is 17.3 Å². The Kier molecular flexibility index (Phi) is 5.70. The summed E-state index contributed by atoms with van der Waals surface area (Å²) < 4.78 is 0. The van der Waals surface area contributed by atoms with Gasteiger partial charge in [0.25, 0.3) is 5.91 Å². The molecule has 0 aliphatic heterocycles. The van der Waals surface area contributed by atoms with Crippen molar-refractivity contribution in [1.82, 2.24) is 9.97 Å². The number of carbonyl (C=O) groups is 2. The summed E-state index contributed by atoms with van der Waals surface area (Å²) in [4.78, 5) is 32.6. The van der Waals surface area contributed by atoms with E-state index in [4.69, 9.17) is 11.6 Å². The highest BCUT2D eigenvalue weighted by atomic mass is 35.5. The summed E-state index contributed by atoms with van der Waals surface area (Å²) in [6.07, 6.45) is 0. The second-order valence-corrected chi connectivity index (χ2v) is 6.83. The molecule has 1 aromatic heterocycles. The molecule has 28 heavy (non-hydrogen) atoms. The molecule has 2 N–H and O–H groups in total. The summed E-state index contributed by atoms with van der Waals surface area (Å²) in [5.41, 5.74) is 3.78. The zero-order valence-corrected chi connectivity index (χ0v) is 16.5. The first-order valence-electron chi connectivity index (χ1n) is 8.63.